The van der Waals surface area contributed by atoms with Crippen molar-refractivity contribution in [3.05, 3.63) is 156 Å². The van der Waals surface area contributed by atoms with E-state index in [9.17, 15) is 52.8 Å². The number of carbonyl (C=O) groups excluding carboxylic acids is 4. The summed E-state index contributed by atoms with van der Waals surface area (Å²) >= 11 is 13.1. The summed E-state index contributed by atoms with van der Waals surface area (Å²) in [4.78, 5) is 68.7. The number of aromatic nitrogens is 8. The number of nitrogens with one attached hydrogen (secondary N) is 9. The Hall–Kier alpha value is -9.30. The molecule has 46 heteroatoms. The minimum atomic E-state index is -3.75. The van der Waals surface area contributed by atoms with Gasteiger partial charge in [-0.15, -0.1) is 45.3 Å². The number of carbonyl (C=O) groups is 4. The van der Waals surface area contributed by atoms with Crippen LogP contribution < -0.4 is 62.7 Å². The van der Waals surface area contributed by atoms with Gasteiger partial charge in [0, 0.05) is 149 Å². The number of hydrogen-bond acceptors (Lipinski definition) is 30. The number of aryl methyl sites for hydroxylation is 1. The molecule has 36 nitrogen and oxygen atoms in total. The second-order valence-corrected chi connectivity index (χ2v) is 50.1. The Kier molecular flexibility index (Phi) is 45.5. The lowest BCUT2D eigenvalue weighted by Crippen LogP contribution is -2.38. The van der Waals surface area contributed by atoms with Crippen LogP contribution in [0.1, 0.15) is 275 Å². The number of alkyl carbamates (subject to hydrolysis) is 4. The van der Waals surface area contributed by atoms with Gasteiger partial charge in [0.2, 0.25) is 40.1 Å². The van der Waals surface area contributed by atoms with Gasteiger partial charge in [-0.05, 0) is 269 Å². The fraction of sp³-hybridized carbons (Fsp3) is 0.526. The summed E-state index contributed by atoms with van der Waals surface area (Å²) in [5.41, 5.74) is 21.0. The molecular weight excluding hydrogens is 2120 g/mol. The van der Waals surface area contributed by atoms with Gasteiger partial charge in [-0.25, -0.2) is 101 Å². The number of rotatable bonds is 31. The van der Waals surface area contributed by atoms with Gasteiger partial charge in [0.1, 0.15) is 11.6 Å². The molecule has 4 aliphatic carbocycles. The first-order chi connectivity index (χ1) is 67.7. The predicted molar refractivity (Wildman–Crippen MR) is 576 cm³/mol. The minimum absolute atomic E-state index is 0.0657. The van der Waals surface area contributed by atoms with E-state index in [1.165, 1.54) is 51.2 Å². The molecule has 0 aliphatic heterocycles. The second-order valence-electron chi connectivity index (χ2n) is 36.6. The number of thiazole rings is 4. The fourth-order valence-electron chi connectivity index (χ4n) is 16.5. The van der Waals surface area contributed by atoms with Crippen LogP contribution >= 0.6 is 77.2 Å². The molecule has 0 unspecified atom stereocenters. The zero-order valence-corrected chi connectivity index (χ0v) is 93.8. The molecule has 14 rings (SSSR count). The average Bonchev–Trinajstić information content (AvgIpc) is 1.69. The second kappa shape index (κ2) is 55.5. The number of amides is 4. The fourth-order valence-corrected chi connectivity index (χ4v) is 27.2. The molecule has 4 aromatic carbocycles. The van der Waals surface area contributed by atoms with Crippen LogP contribution in [-0.2, 0) is 59.0 Å². The Labute approximate surface area is 875 Å². The Morgan fingerprint density at radius 2 is 0.692 bits per heavy atom. The van der Waals surface area contributed by atoms with Crippen molar-refractivity contribution in [1.29, 1.82) is 0 Å². The smallest absolute Gasteiger partial charge is 0.407 e. The van der Waals surface area contributed by atoms with Crippen LogP contribution in [0.3, 0.4) is 0 Å². The average molecular weight is 2260 g/mol. The third-order valence-electron chi connectivity index (χ3n) is 23.1. The zero-order chi connectivity index (χ0) is 105. The standard InChI is InChI=1S/C27H38N6O4S2.C21H28BrN3O4S2.C21H30N4O4S2.C13H19BrN2O2S.C9H14N2O2S.C6H11N3/c1-6-30-39(35,36)24-15-21(31-25-13-14-29-33(25)17(2)3)11-12-22(24)23-16-28-26(38-23)19-7-9-20(10-8-19)32-27(34)37-18(4)5;2*1-4-24-31(27,28)19-11-15(22)7-10-17(19)18-12-23-20(30-18)14-5-8-16(9-6-14)25-21(26)29-13(2)3;1-8(2)18-13(17)16-10-5-3-9(4-6-10)12-15-7-11(14)19-12;1-3-11-14(12,13)9-6-8(10)5-4-7(9)2;1-5(2)9-6(7)3-4-8-9/h11-20,30-31H,6-10H2,1-5H3,(H,32,34);7,10-14,16,24H,4-6,8-9H2,1-3H3,(H,25,26);7,10-14,16,24H,4-6,8-9,22H2,1-3H3,(H,25,26);7-10H,3-6H2,1-2H3,(H,16,17);4-6,11H,3,10H2,1-2H3;3-5H,7H2,1-2H3. The van der Waals surface area contributed by atoms with E-state index in [0.717, 1.165) is 148 Å². The lowest BCUT2D eigenvalue weighted by molar-refractivity contribution is 0.108. The maximum Gasteiger partial charge on any atom is 0.407 e. The summed E-state index contributed by atoms with van der Waals surface area (Å²) in [5.74, 6) is 2.92. The van der Waals surface area contributed by atoms with Gasteiger partial charge in [-0.1, -0.05) is 67.9 Å². The third kappa shape index (κ3) is 36.1. The Balaban J connectivity index is 0.000000201. The molecule has 4 amide bonds. The molecule has 6 heterocycles. The number of ether oxygens (including phenoxy) is 4. The van der Waals surface area contributed by atoms with E-state index in [1.54, 1.807) is 124 Å². The zero-order valence-electron chi connectivity index (χ0n) is 84.1. The van der Waals surface area contributed by atoms with E-state index in [2.05, 4.69) is 107 Å². The molecule has 786 valence electrons. The van der Waals surface area contributed by atoms with E-state index in [0.29, 0.717) is 87.2 Å². The lowest BCUT2D eigenvalue weighted by atomic mass is 9.86. The first-order valence-corrected chi connectivity index (χ1v) is 59.1. The number of anilines is 5. The van der Waals surface area contributed by atoms with Gasteiger partial charge in [0.25, 0.3) is 0 Å². The lowest BCUT2D eigenvalue weighted by Gasteiger charge is -2.28. The van der Waals surface area contributed by atoms with Crippen molar-refractivity contribution in [2.24, 2.45) is 0 Å². The van der Waals surface area contributed by atoms with E-state index in [4.69, 9.17) is 36.1 Å². The largest absolute Gasteiger partial charge is 0.447 e. The number of benzene rings is 4. The van der Waals surface area contributed by atoms with Crippen molar-refractivity contribution in [3.8, 4) is 31.3 Å². The monoisotopic (exact) mass is 2250 g/mol. The van der Waals surface area contributed by atoms with Crippen molar-refractivity contribution in [2.75, 3.05) is 48.7 Å². The van der Waals surface area contributed by atoms with Crippen LogP contribution in [-0.4, -0.2) is 172 Å². The molecule has 143 heavy (non-hydrogen) atoms. The predicted octanol–water partition coefficient (Wildman–Crippen LogP) is 20.7. The molecular formula is C97H140Br2N20O16S8. The van der Waals surface area contributed by atoms with Crippen LogP contribution in [0.5, 0.6) is 0 Å². The summed E-state index contributed by atoms with van der Waals surface area (Å²) in [5, 5.41) is 27.6. The molecule has 0 spiro atoms. The van der Waals surface area contributed by atoms with Crippen LogP contribution in [0.4, 0.5) is 47.9 Å². The van der Waals surface area contributed by atoms with Gasteiger partial charge in [-0.3, -0.25) is 0 Å². The van der Waals surface area contributed by atoms with Crippen LogP contribution in [0, 0.1) is 6.92 Å². The molecule has 0 atom stereocenters. The van der Waals surface area contributed by atoms with E-state index < -0.39 is 40.1 Å². The van der Waals surface area contributed by atoms with Crippen LogP contribution in [0.15, 0.2) is 150 Å². The van der Waals surface area contributed by atoms with Crippen molar-refractivity contribution in [2.45, 2.75) is 324 Å². The summed E-state index contributed by atoms with van der Waals surface area (Å²) < 4.78 is 137. The molecule has 4 aliphatic rings. The molecule has 0 bridgehead atoms. The summed E-state index contributed by atoms with van der Waals surface area (Å²) in [7, 11) is -14.4. The van der Waals surface area contributed by atoms with Crippen molar-refractivity contribution in [1.82, 2.24) is 79.7 Å². The molecule has 10 aromatic rings. The Morgan fingerprint density at radius 3 is 1.02 bits per heavy atom. The van der Waals surface area contributed by atoms with Gasteiger partial charge in [0.15, 0.2) is 0 Å². The van der Waals surface area contributed by atoms with Crippen LogP contribution in [0.25, 0.3) is 31.3 Å². The molecule has 4 saturated carbocycles. The quantitative estimate of drug-likeness (QED) is 0.0142. The van der Waals surface area contributed by atoms with Crippen molar-refractivity contribution >= 4 is 170 Å². The highest BCUT2D eigenvalue weighted by atomic mass is 79.9. The number of halogens is 2. The SMILES string of the molecule is CC(C)OC(=O)NC1CCC(c2ncc(Br)s2)CC1.CC(C)n1nccc1N.CCNS(=O)(=O)c1cc(Br)ccc1-c1cnc(C2CCC(NC(=O)OC(C)C)CC2)s1.CCNS(=O)(=O)c1cc(N)ccc1-c1cnc(C2CCC(NC(=O)OC(C)C)CC2)s1.CCNS(=O)(=O)c1cc(N)ccc1C.CCNS(=O)(=O)c1cc(Nc2ccnn2C(C)C)ccc1-c1cnc(C2CCC(NC(=O)OC(C)C)CC2)s1. The minimum Gasteiger partial charge on any atom is -0.447 e. The van der Waals surface area contributed by atoms with Gasteiger partial charge >= 0.3 is 24.4 Å². The molecule has 15 N–H and O–H groups in total. The maximum absolute atomic E-state index is 13.2. The first kappa shape index (κ1) is 117. The van der Waals surface area contributed by atoms with Gasteiger partial charge < -0.3 is 62.7 Å². The number of nitrogen functional groups attached to an aromatic ring is 3. The van der Waals surface area contributed by atoms with Gasteiger partial charge in [-0.2, -0.15) is 10.2 Å². The molecule has 0 radical (unpaired) electrons. The summed E-state index contributed by atoms with van der Waals surface area (Å²) in [6.07, 6.45) is 23.4. The van der Waals surface area contributed by atoms with Crippen LogP contribution in [0.2, 0.25) is 0 Å². The summed E-state index contributed by atoms with van der Waals surface area (Å²) in [6.45, 7) is 32.9. The maximum atomic E-state index is 13.2. The van der Waals surface area contributed by atoms with E-state index in [1.807, 2.05) is 124 Å². The topological polar surface area (TPSA) is 515 Å². The van der Waals surface area contributed by atoms with E-state index >= 15 is 0 Å². The third-order valence-corrected chi connectivity index (χ3v) is 35.2. The molecule has 6 aromatic heterocycles. The Morgan fingerprint density at radius 1 is 0.385 bits per heavy atom. The highest BCUT2D eigenvalue weighted by molar-refractivity contribution is 9.11. The summed E-state index contributed by atoms with van der Waals surface area (Å²) in [6, 6.07) is 25.1. The highest BCUT2D eigenvalue weighted by Gasteiger charge is 2.34. The van der Waals surface area contributed by atoms with Crippen molar-refractivity contribution < 1.29 is 71.8 Å². The van der Waals surface area contributed by atoms with Crippen molar-refractivity contribution in [3.63, 3.8) is 0 Å². The van der Waals surface area contributed by atoms with Gasteiger partial charge in [0.05, 0.1) is 101 Å². The normalized spacial score (nSPS) is 18.2. The number of nitrogens with two attached hydrogens (primary N) is 3. The molecule has 4 fully saturated rings. The number of hydrogen-bond donors (Lipinski definition) is 12. The Bertz CT molecular complexity index is 6090. The highest BCUT2D eigenvalue weighted by Crippen LogP contribution is 2.45. The van der Waals surface area contributed by atoms with E-state index in [-0.39, 0.29) is 111 Å². The first-order valence-electron chi connectivity index (χ1n) is 48.3. The number of nitrogens with zero attached hydrogens (tertiary/aromatic N) is 8. The molecule has 0 saturated heterocycles. The number of sulfonamides is 4.